The smallest absolute Gasteiger partial charge is 0.238 e. The van der Waals surface area contributed by atoms with Crippen molar-refractivity contribution in [3.05, 3.63) is 72.3 Å². The summed E-state index contributed by atoms with van der Waals surface area (Å²) < 4.78 is 5.45. The number of hydrogen-bond donors (Lipinski definition) is 0. The molecular weight excluding hydrogens is 388 g/mol. The van der Waals surface area contributed by atoms with E-state index in [4.69, 9.17) is 9.73 Å². The van der Waals surface area contributed by atoms with E-state index in [0.717, 1.165) is 28.9 Å². The highest BCUT2D eigenvalue weighted by molar-refractivity contribution is 6.23. The van der Waals surface area contributed by atoms with Crippen molar-refractivity contribution in [3.8, 4) is 5.75 Å². The van der Waals surface area contributed by atoms with Crippen LogP contribution in [0.1, 0.15) is 24.5 Å². The van der Waals surface area contributed by atoms with E-state index >= 15 is 0 Å². The highest BCUT2D eigenvalue weighted by Crippen LogP contribution is 2.53. The van der Waals surface area contributed by atoms with E-state index in [-0.39, 0.29) is 35.5 Å². The van der Waals surface area contributed by atoms with Gasteiger partial charge in [-0.3, -0.25) is 14.5 Å². The van der Waals surface area contributed by atoms with Gasteiger partial charge in [0.25, 0.3) is 0 Å². The maximum absolute atomic E-state index is 13.0. The first-order valence-electron chi connectivity index (χ1n) is 10.5. The van der Waals surface area contributed by atoms with Gasteiger partial charge in [-0.15, -0.1) is 0 Å². The predicted molar refractivity (Wildman–Crippen MR) is 122 cm³/mol. The second-order valence-corrected chi connectivity index (χ2v) is 8.36. The third-order valence-corrected chi connectivity index (χ3v) is 6.76. The fourth-order valence-corrected chi connectivity index (χ4v) is 5.23. The SMILES string of the molecule is C=Cc1cccc(OC)c1N=C(C)c1ccc(N2C(=O)C3C4C=CC(C4)C3C2=O)cc1. The lowest BCUT2D eigenvalue weighted by Crippen LogP contribution is -2.32. The zero-order chi connectivity index (χ0) is 21.7. The normalized spacial score (nSPS) is 26.5. The number of rotatable bonds is 5. The monoisotopic (exact) mass is 412 g/mol. The maximum atomic E-state index is 13.0. The van der Waals surface area contributed by atoms with E-state index in [9.17, 15) is 9.59 Å². The largest absolute Gasteiger partial charge is 0.494 e. The van der Waals surface area contributed by atoms with Gasteiger partial charge < -0.3 is 4.74 Å². The summed E-state index contributed by atoms with van der Waals surface area (Å²) in [5.74, 6) is 0.609. The first-order chi connectivity index (χ1) is 15.0. The minimum Gasteiger partial charge on any atom is -0.494 e. The lowest BCUT2D eigenvalue weighted by molar-refractivity contribution is -0.123. The van der Waals surface area contributed by atoms with Crippen LogP contribution in [0.5, 0.6) is 5.75 Å². The number of allylic oxidation sites excluding steroid dienone is 2. The van der Waals surface area contributed by atoms with Crippen LogP contribution in [-0.2, 0) is 9.59 Å². The van der Waals surface area contributed by atoms with Crippen molar-refractivity contribution in [1.29, 1.82) is 0 Å². The van der Waals surface area contributed by atoms with Crippen LogP contribution < -0.4 is 9.64 Å². The van der Waals surface area contributed by atoms with E-state index in [1.807, 2.05) is 49.4 Å². The van der Waals surface area contributed by atoms with E-state index < -0.39 is 0 Å². The number of hydrogen-bond acceptors (Lipinski definition) is 4. The summed E-state index contributed by atoms with van der Waals surface area (Å²) in [4.78, 5) is 32.2. The van der Waals surface area contributed by atoms with Gasteiger partial charge in [-0.1, -0.05) is 49.1 Å². The van der Waals surface area contributed by atoms with Crippen molar-refractivity contribution in [2.45, 2.75) is 13.3 Å². The Kier molecular flexibility index (Phi) is 4.62. The van der Waals surface area contributed by atoms with E-state index in [2.05, 4.69) is 18.7 Å². The number of ether oxygens (including phenoxy) is 1. The van der Waals surface area contributed by atoms with Crippen LogP contribution >= 0.6 is 0 Å². The highest BCUT2D eigenvalue weighted by Gasteiger charge is 2.59. The van der Waals surface area contributed by atoms with E-state index in [0.29, 0.717) is 11.4 Å². The van der Waals surface area contributed by atoms with Crippen LogP contribution in [0.2, 0.25) is 0 Å². The summed E-state index contributed by atoms with van der Waals surface area (Å²) in [7, 11) is 1.62. The number of fused-ring (bicyclic) bond motifs is 5. The number of carbonyl (C=O) groups is 2. The molecule has 1 saturated heterocycles. The standard InChI is InChI=1S/C26H24N2O3/c1-4-16-6-5-7-21(31-3)24(16)27-15(2)17-10-12-20(13-11-17)28-25(29)22-18-8-9-19(14-18)23(22)26(28)30/h4-13,18-19,22-23H,1,14H2,2-3H3. The first kappa shape index (κ1) is 19.5. The van der Waals surface area contributed by atoms with Crippen LogP contribution in [-0.4, -0.2) is 24.6 Å². The fraction of sp³-hybridized carbons (Fsp3) is 0.269. The van der Waals surface area contributed by atoms with Gasteiger partial charge in [0.05, 0.1) is 24.6 Å². The number of carbonyl (C=O) groups excluding carboxylic acids is 2. The molecule has 2 bridgehead atoms. The van der Waals surface area contributed by atoms with Gasteiger partial charge in [-0.05, 0) is 48.9 Å². The second-order valence-electron chi connectivity index (χ2n) is 8.36. The Labute approximate surface area is 181 Å². The van der Waals surface area contributed by atoms with Crippen LogP contribution in [0.25, 0.3) is 6.08 Å². The molecular formula is C26H24N2O3. The third kappa shape index (κ3) is 2.95. The Morgan fingerprint density at radius 3 is 2.29 bits per heavy atom. The van der Waals surface area contributed by atoms with Gasteiger partial charge >= 0.3 is 0 Å². The fourth-order valence-electron chi connectivity index (χ4n) is 5.23. The molecule has 5 nitrogen and oxygen atoms in total. The molecule has 156 valence electrons. The van der Waals surface area contributed by atoms with Crippen LogP contribution in [0.3, 0.4) is 0 Å². The molecule has 0 aromatic heterocycles. The Balaban J connectivity index is 1.43. The van der Waals surface area contributed by atoms with Crippen LogP contribution in [0.4, 0.5) is 11.4 Å². The van der Waals surface area contributed by atoms with Gasteiger partial charge in [0, 0.05) is 11.3 Å². The van der Waals surface area contributed by atoms with Crippen molar-refractivity contribution in [1.82, 2.24) is 0 Å². The van der Waals surface area contributed by atoms with Crippen LogP contribution in [0, 0.1) is 23.7 Å². The topological polar surface area (TPSA) is 59.0 Å². The van der Waals surface area contributed by atoms with Crippen molar-refractivity contribution in [2.24, 2.45) is 28.7 Å². The van der Waals surface area contributed by atoms with Crippen molar-refractivity contribution in [2.75, 3.05) is 12.0 Å². The number of imide groups is 1. The molecule has 1 heterocycles. The molecule has 3 aliphatic rings. The molecule has 2 aromatic rings. The number of methoxy groups -OCH3 is 1. The number of nitrogens with zero attached hydrogens (tertiary/aromatic N) is 2. The van der Waals surface area contributed by atoms with Gasteiger partial charge in [-0.25, -0.2) is 4.99 Å². The quantitative estimate of drug-likeness (QED) is 0.403. The summed E-state index contributed by atoms with van der Waals surface area (Å²) in [6.45, 7) is 5.78. The van der Waals surface area contributed by atoms with Gasteiger partial charge in [0.15, 0.2) is 0 Å². The minimum absolute atomic E-state index is 0.0605. The number of para-hydroxylation sites is 1. The molecule has 4 unspecified atom stereocenters. The average molecular weight is 412 g/mol. The molecule has 31 heavy (non-hydrogen) atoms. The molecule has 2 aromatic carbocycles. The van der Waals surface area contributed by atoms with E-state index in [1.165, 1.54) is 4.90 Å². The molecule has 5 rings (SSSR count). The summed E-state index contributed by atoms with van der Waals surface area (Å²) in [5.41, 5.74) is 3.95. The minimum atomic E-state index is -0.187. The predicted octanol–water partition coefficient (Wildman–Crippen LogP) is 4.79. The zero-order valence-corrected chi connectivity index (χ0v) is 17.6. The van der Waals surface area contributed by atoms with Gasteiger partial charge in [0.2, 0.25) is 11.8 Å². The Hall–Kier alpha value is -3.47. The molecule has 0 N–H and O–H groups in total. The lowest BCUT2D eigenvalue weighted by Gasteiger charge is -2.17. The Morgan fingerprint density at radius 2 is 1.71 bits per heavy atom. The summed E-state index contributed by atoms with van der Waals surface area (Å²) in [6.07, 6.45) is 6.91. The molecule has 5 heteroatoms. The average Bonchev–Trinajstić information content (AvgIpc) is 3.47. The molecule has 4 atom stereocenters. The van der Waals surface area contributed by atoms with Crippen molar-refractivity contribution < 1.29 is 14.3 Å². The molecule has 2 amide bonds. The van der Waals surface area contributed by atoms with Gasteiger partial charge in [-0.2, -0.15) is 0 Å². The summed E-state index contributed by atoms with van der Waals surface area (Å²) in [5, 5.41) is 0. The zero-order valence-electron chi connectivity index (χ0n) is 17.6. The summed E-state index contributed by atoms with van der Waals surface area (Å²) in [6, 6.07) is 13.2. The number of aliphatic imine (C=N–C) groups is 1. The number of benzene rings is 2. The highest BCUT2D eigenvalue weighted by atomic mass is 16.5. The number of amides is 2. The molecule has 1 aliphatic heterocycles. The lowest BCUT2D eigenvalue weighted by atomic mass is 9.85. The number of anilines is 1. The maximum Gasteiger partial charge on any atom is 0.238 e. The van der Waals surface area contributed by atoms with Crippen molar-refractivity contribution in [3.63, 3.8) is 0 Å². The Morgan fingerprint density at radius 1 is 1.06 bits per heavy atom. The van der Waals surface area contributed by atoms with E-state index in [1.54, 1.807) is 13.2 Å². The second kappa shape index (κ2) is 7.34. The molecule has 2 fully saturated rings. The molecule has 0 spiro atoms. The first-order valence-corrected chi connectivity index (χ1v) is 10.5. The third-order valence-electron chi connectivity index (χ3n) is 6.76. The van der Waals surface area contributed by atoms with Crippen LogP contribution in [0.15, 0.2) is 66.2 Å². The molecule has 2 aliphatic carbocycles. The van der Waals surface area contributed by atoms with Crippen molar-refractivity contribution >= 4 is 35.0 Å². The molecule has 0 radical (unpaired) electrons. The Bertz CT molecular complexity index is 1120. The molecule has 1 saturated carbocycles. The van der Waals surface area contributed by atoms with Gasteiger partial charge in [0.1, 0.15) is 11.4 Å². The summed E-state index contributed by atoms with van der Waals surface area (Å²) >= 11 is 0.